The Morgan fingerprint density at radius 2 is 2.36 bits per heavy atom. The van der Waals surface area contributed by atoms with Crippen LogP contribution in [-0.2, 0) is 4.79 Å². The van der Waals surface area contributed by atoms with E-state index in [1.165, 1.54) is 31.3 Å². The Labute approximate surface area is 84.9 Å². The lowest BCUT2D eigenvalue weighted by Gasteiger charge is -2.26. The number of rotatable bonds is 3. The zero-order valence-electron chi connectivity index (χ0n) is 8.51. The van der Waals surface area contributed by atoms with E-state index < -0.39 is 0 Å². The molecule has 3 heteroatoms. The molecule has 2 N–H and O–H groups in total. The third kappa shape index (κ3) is 2.35. The summed E-state index contributed by atoms with van der Waals surface area (Å²) in [6.45, 7) is 2.48. The minimum absolute atomic E-state index is 0.218. The lowest BCUT2D eigenvalue weighted by molar-refractivity contribution is -0.126. The number of carbonyl (C=O) groups excluding carboxylic acids is 1. The number of allylic oxidation sites excluding steroid dienone is 1. The molecule has 0 bridgehead atoms. The van der Waals surface area contributed by atoms with Gasteiger partial charge in [0, 0.05) is 19.6 Å². The molecule has 0 unspecified atom stereocenters. The fraction of sp³-hybridized carbons (Fsp3) is 0.727. The Balaban J connectivity index is 1.70. The fourth-order valence-electron chi connectivity index (χ4n) is 1.88. The molecule has 1 saturated heterocycles. The molecular formula is C11H18N2O. The third-order valence-corrected chi connectivity index (χ3v) is 3.03. The Hall–Kier alpha value is -0.830. The van der Waals surface area contributed by atoms with Crippen LogP contribution in [0.2, 0.25) is 0 Å². The van der Waals surface area contributed by atoms with Crippen LogP contribution < -0.4 is 10.6 Å². The van der Waals surface area contributed by atoms with E-state index in [1.54, 1.807) is 0 Å². The van der Waals surface area contributed by atoms with Gasteiger partial charge >= 0.3 is 0 Å². The van der Waals surface area contributed by atoms with E-state index in [0.29, 0.717) is 0 Å². The summed E-state index contributed by atoms with van der Waals surface area (Å²) < 4.78 is 0. The van der Waals surface area contributed by atoms with Crippen molar-refractivity contribution in [2.45, 2.75) is 25.7 Å². The Bertz CT molecular complexity index is 244. The molecule has 1 amide bonds. The van der Waals surface area contributed by atoms with E-state index in [1.807, 2.05) is 0 Å². The molecule has 1 aliphatic heterocycles. The van der Waals surface area contributed by atoms with Gasteiger partial charge in [0.2, 0.25) is 5.91 Å². The molecule has 2 aliphatic rings. The lowest BCUT2D eigenvalue weighted by atomic mass is 9.98. The molecule has 0 radical (unpaired) electrons. The minimum Gasteiger partial charge on any atom is -0.352 e. The van der Waals surface area contributed by atoms with Crippen LogP contribution in [0.1, 0.15) is 25.7 Å². The van der Waals surface area contributed by atoms with Crippen molar-refractivity contribution >= 4 is 5.91 Å². The van der Waals surface area contributed by atoms with Crippen LogP contribution in [0.15, 0.2) is 11.6 Å². The highest BCUT2D eigenvalue weighted by atomic mass is 16.2. The summed E-state index contributed by atoms with van der Waals surface area (Å²) in [5, 5.41) is 6.11. The van der Waals surface area contributed by atoms with E-state index >= 15 is 0 Å². The number of hydrogen-bond donors (Lipinski definition) is 2. The normalized spacial score (nSPS) is 22.4. The van der Waals surface area contributed by atoms with Gasteiger partial charge in [-0.15, -0.1) is 0 Å². The first-order chi connectivity index (χ1) is 6.86. The fourth-order valence-corrected chi connectivity index (χ4v) is 1.88. The summed E-state index contributed by atoms with van der Waals surface area (Å²) in [7, 11) is 0. The predicted molar refractivity (Wildman–Crippen MR) is 55.9 cm³/mol. The average molecular weight is 194 g/mol. The zero-order chi connectivity index (χ0) is 9.80. The molecule has 0 atom stereocenters. The molecule has 14 heavy (non-hydrogen) atoms. The second-order valence-electron chi connectivity index (χ2n) is 4.18. The van der Waals surface area contributed by atoms with Gasteiger partial charge in [-0.25, -0.2) is 0 Å². The predicted octanol–water partition coefficient (Wildman–Crippen LogP) is 0.822. The molecule has 2 rings (SSSR count). The van der Waals surface area contributed by atoms with E-state index in [4.69, 9.17) is 0 Å². The summed E-state index contributed by atoms with van der Waals surface area (Å²) >= 11 is 0. The van der Waals surface area contributed by atoms with Crippen molar-refractivity contribution in [2.24, 2.45) is 5.92 Å². The molecule has 0 saturated carbocycles. The topological polar surface area (TPSA) is 41.1 Å². The maximum atomic E-state index is 11.5. The average Bonchev–Trinajstić information content (AvgIpc) is 2.14. The van der Waals surface area contributed by atoms with Crippen LogP contribution in [0.4, 0.5) is 0 Å². The van der Waals surface area contributed by atoms with Crippen LogP contribution in [0.5, 0.6) is 0 Å². The molecule has 1 heterocycles. The Morgan fingerprint density at radius 1 is 1.50 bits per heavy atom. The van der Waals surface area contributed by atoms with Gasteiger partial charge in [-0.05, 0) is 25.7 Å². The standard InChI is InChI=1S/C11H18N2O/c14-11(10-7-12-8-10)13-6-9-4-2-1-3-5-9/h4,10,12H,1-3,5-8H2,(H,13,14). The van der Waals surface area contributed by atoms with Crippen LogP contribution in [0.25, 0.3) is 0 Å². The number of hydrogen-bond acceptors (Lipinski definition) is 2. The summed E-state index contributed by atoms with van der Waals surface area (Å²) in [5.41, 5.74) is 1.41. The maximum absolute atomic E-state index is 11.5. The summed E-state index contributed by atoms with van der Waals surface area (Å²) in [4.78, 5) is 11.5. The van der Waals surface area contributed by atoms with Crippen LogP contribution in [-0.4, -0.2) is 25.5 Å². The SMILES string of the molecule is O=C(NCC1=CCCCC1)C1CNC1. The van der Waals surface area contributed by atoms with Crippen LogP contribution in [0.3, 0.4) is 0 Å². The van der Waals surface area contributed by atoms with Gasteiger partial charge in [-0.1, -0.05) is 11.6 Å². The Morgan fingerprint density at radius 3 is 2.93 bits per heavy atom. The van der Waals surface area contributed by atoms with Crippen molar-refractivity contribution in [2.75, 3.05) is 19.6 Å². The van der Waals surface area contributed by atoms with Crippen molar-refractivity contribution in [1.82, 2.24) is 10.6 Å². The molecule has 0 aromatic carbocycles. The van der Waals surface area contributed by atoms with E-state index in [2.05, 4.69) is 16.7 Å². The molecule has 1 fully saturated rings. The third-order valence-electron chi connectivity index (χ3n) is 3.03. The summed E-state index contributed by atoms with van der Waals surface area (Å²) in [6.07, 6.45) is 7.23. The molecule has 3 nitrogen and oxygen atoms in total. The quantitative estimate of drug-likeness (QED) is 0.653. The van der Waals surface area contributed by atoms with Crippen LogP contribution >= 0.6 is 0 Å². The van der Waals surface area contributed by atoms with Gasteiger partial charge in [0.05, 0.1) is 5.92 Å². The van der Waals surface area contributed by atoms with Crippen LogP contribution in [0, 0.1) is 5.92 Å². The smallest absolute Gasteiger partial charge is 0.225 e. The van der Waals surface area contributed by atoms with Gasteiger partial charge in [-0.2, -0.15) is 0 Å². The highest BCUT2D eigenvalue weighted by Gasteiger charge is 2.24. The molecule has 1 aliphatic carbocycles. The van der Waals surface area contributed by atoms with Crippen molar-refractivity contribution < 1.29 is 4.79 Å². The Kier molecular flexibility index (Phi) is 3.19. The largest absolute Gasteiger partial charge is 0.352 e. The maximum Gasteiger partial charge on any atom is 0.225 e. The zero-order valence-corrected chi connectivity index (χ0v) is 8.51. The molecule has 78 valence electrons. The van der Waals surface area contributed by atoms with Crippen molar-refractivity contribution in [1.29, 1.82) is 0 Å². The minimum atomic E-state index is 0.218. The van der Waals surface area contributed by atoms with Gasteiger partial charge in [0.1, 0.15) is 0 Å². The highest BCUT2D eigenvalue weighted by Crippen LogP contribution is 2.16. The second-order valence-corrected chi connectivity index (χ2v) is 4.18. The molecule has 0 aromatic heterocycles. The highest BCUT2D eigenvalue weighted by molar-refractivity contribution is 5.80. The summed E-state index contributed by atoms with van der Waals surface area (Å²) in [5.74, 6) is 0.439. The van der Waals surface area contributed by atoms with Gasteiger partial charge in [0.25, 0.3) is 0 Å². The number of nitrogens with one attached hydrogen (secondary N) is 2. The molecule has 0 spiro atoms. The van der Waals surface area contributed by atoms with E-state index in [0.717, 1.165) is 19.6 Å². The van der Waals surface area contributed by atoms with Crippen molar-refractivity contribution in [3.8, 4) is 0 Å². The first-order valence-corrected chi connectivity index (χ1v) is 5.52. The first kappa shape index (κ1) is 9.71. The number of carbonyl (C=O) groups is 1. The first-order valence-electron chi connectivity index (χ1n) is 5.52. The van der Waals surface area contributed by atoms with E-state index in [-0.39, 0.29) is 11.8 Å². The summed E-state index contributed by atoms with van der Waals surface area (Å²) in [6, 6.07) is 0. The number of amides is 1. The molecular weight excluding hydrogens is 176 g/mol. The van der Waals surface area contributed by atoms with Gasteiger partial charge < -0.3 is 10.6 Å². The monoisotopic (exact) mass is 194 g/mol. The lowest BCUT2D eigenvalue weighted by Crippen LogP contribution is -2.51. The van der Waals surface area contributed by atoms with Crippen molar-refractivity contribution in [3.05, 3.63) is 11.6 Å². The van der Waals surface area contributed by atoms with Crippen molar-refractivity contribution in [3.63, 3.8) is 0 Å². The van der Waals surface area contributed by atoms with Gasteiger partial charge in [0.15, 0.2) is 0 Å². The molecule has 0 aromatic rings. The van der Waals surface area contributed by atoms with Gasteiger partial charge in [-0.3, -0.25) is 4.79 Å². The van der Waals surface area contributed by atoms with E-state index in [9.17, 15) is 4.79 Å². The second kappa shape index (κ2) is 4.60.